The van der Waals surface area contributed by atoms with E-state index in [0.717, 1.165) is 40.4 Å². The molecule has 0 saturated heterocycles. The first-order valence-corrected chi connectivity index (χ1v) is 10.5. The molecule has 6 heteroatoms. The van der Waals surface area contributed by atoms with Gasteiger partial charge < -0.3 is 14.6 Å². The Bertz CT molecular complexity index is 1030. The van der Waals surface area contributed by atoms with Crippen LogP contribution in [0.25, 0.3) is 11.3 Å². The standard InChI is InChI=1S/C23H27N3O2S/c1-6-10-26-17(4)13-19(18(26)5)20-14-29-23(24-20)25-22(27)9-11-28-21-12-15(2)7-8-16(21)3/h6-8,12-14H,1,9-11H2,2-5H3,(H,24,25,27). The van der Waals surface area contributed by atoms with Crippen molar-refractivity contribution < 1.29 is 9.53 Å². The summed E-state index contributed by atoms with van der Waals surface area (Å²) in [7, 11) is 0. The Morgan fingerprint density at radius 1 is 1.28 bits per heavy atom. The van der Waals surface area contributed by atoms with E-state index in [0.29, 0.717) is 11.7 Å². The number of amides is 1. The molecule has 0 aliphatic rings. The molecule has 0 bridgehead atoms. The molecule has 0 radical (unpaired) electrons. The molecule has 0 spiro atoms. The first-order valence-electron chi connectivity index (χ1n) is 9.62. The van der Waals surface area contributed by atoms with Gasteiger partial charge in [-0.15, -0.1) is 17.9 Å². The first kappa shape index (κ1) is 20.9. The minimum absolute atomic E-state index is 0.103. The molecular weight excluding hydrogens is 382 g/mol. The van der Waals surface area contributed by atoms with E-state index in [1.165, 1.54) is 17.0 Å². The lowest BCUT2D eigenvalue weighted by atomic mass is 10.1. The van der Waals surface area contributed by atoms with Crippen LogP contribution < -0.4 is 10.1 Å². The number of nitrogens with zero attached hydrogens (tertiary/aromatic N) is 2. The number of ether oxygens (including phenoxy) is 1. The lowest BCUT2D eigenvalue weighted by molar-refractivity contribution is -0.116. The number of allylic oxidation sites excluding steroid dienone is 1. The molecule has 3 rings (SSSR count). The zero-order valence-electron chi connectivity index (χ0n) is 17.4. The molecule has 1 N–H and O–H groups in total. The fraction of sp³-hybridized carbons (Fsp3) is 0.304. The molecule has 5 nitrogen and oxygen atoms in total. The van der Waals surface area contributed by atoms with Crippen LogP contribution in [0, 0.1) is 27.7 Å². The quantitative estimate of drug-likeness (QED) is 0.504. The average Bonchev–Trinajstić information content (AvgIpc) is 3.24. The van der Waals surface area contributed by atoms with Gasteiger partial charge in [0.1, 0.15) is 5.75 Å². The Morgan fingerprint density at radius 2 is 2.07 bits per heavy atom. The van der Waals surface area contributed by atoms with Gasteiger partial charge in [0.15, 0.2) is 5.13 Å². The topological polar surface area (TPSA) is 56.2 Å². The number of carbonyl (C=O) groups is 1. The summed E-state index contributed by atoms with van der Waals surface area (Å²) in [6, 6.07) is 8.18. The van der Waals surface area contributed by atoms with Crippen molar-refractivity contribution in [1.82, 2.24) is 9.55 Å². The van der Waals surface area contributed by atoms with Crippen molar-refractivity contribution >= 4 is 22.4 Å². The highest BCUT2D eigenvalue weighted by Crippen LogP contribution is 2.30. The highest BCUT2D eigenvalue weighted by atomic mass is 32.1. The number of aryl methyl sites for hydroxylation is 3. The number of rotatable bonds is 8. The minimum Gasteiger partial charge on any atom is -0.493 e. The molecule has 2 aromatic heterocycles. The van der Waals surface area contributed by atoms with Gasteiger partial charge in [-0.05, 0) is 51.0 Å². The molecule has 0 aliphatic carbocycles. The Kier molecular flexibility index (Phi) is 6.54. The monoisotopic (exact) mass is 409 g/mol. The normalized spacial score (nSPS) is 10.8. The fourth-order valence-electron chi connectivity index (χ4n) is 3.22. The molecule has 0 atom stereocenters. The van der Waals surface area contributed by atoms with Crippen molar-refractivity contribution in [1.29, 1.82) is 0 Å². The number of aromatic nitrogens is 2. The van der Waals surface area contributed by atoms with Crippen molar-refractivity contribution in [3.05, 3.63) is 64.8 Å². The summed E-state index contributed by atoms with van der Waals surface area (Å²) in [5.41, 5.74) is 6.47. The van der Waals surface area contributed by atoms with E-state index in [1.54, 1.807) is 0 Å². The van der Waals surface area contributed by atoms with E-state index in [4.69, 9.17) is 4.74 Å². The smallest absolute Gasteiger partial charge is 0.229 e. The highest BCUT2D eigenvalue weighted by molar-refractivity contribution is 7.14. The summed E-state index contributed by atoms with van der Waals surface area (Å²) in [5, 5.41) is 5.45. The maximum absolute atomic E-state index is 12.3. The minimum atomic E-state index is -0.103. The van der Waals surface area contributed by atoms with Crippen LogP contribution in [0.4, 0.5) is 5.13 Å². The van der Waals surface area contributed by atoms with Gasteiger partial charge >= 0.3 is 0 Å². The van der Waals surface area contributed by atoms with Crippen LogP contribution in [0.15, 0.2) is 42.3 Å². The summed E-state index contributed by atoms with van der Waals surface area (Å²) in [6.45, 7) is 13.1. The van der Waals surface area contributed by atoms with Gasteiger partial charge in [-0.3, -0.25) is 4.79 Å². The lowest BCUT2D eigenvalue weighted by Gasteiger charge is -2.09. The average molecular weight is 410 g/mol. The van der Waals surface area contributed by atoms with E-state index >= 15 is 0 Å². The SMILES string of the molecule is C=CCn1c(C)cc(-c2csc(NC(=O)CCOc3cc(C)ccc3C)n2)c1C. The molecule has 3 aromatic rings. The fourth-order valence-corrected chi connectivity index (χ4v) is 3.95. The van der Waals surface area contributed by atoms with Crippen molar-refractivity contribution in [3.8, 4) is 17.0 Å². The molecule has 1 amide bonds. The van der Waals surface area contributed by atoms with Crippen molar-refractivity contribution in [2.24, 2.45) is 0 Å². The third kappa shape index (κ3) is 4.95. The largest absolute Gasteiger partial charge is 0.493 e. The summed E-state index contributed by atoms with van der Waals surface area (Å²) < 4.78 is 7.97. The summed E-state index contributed by atoms with van der Waals surface area (Å²) in [4.78, 5) is 16.9. The van der Waals surface area contributed by atoms with Gasteiger partial charge in [0.25, 0.3) is 0 Å². The van der Waals surface area contributed by atoms with Crippen LogP contribution in [0.2, 0.25) is 0 Å². The Balaban J connectivity index is 1.59. The second-order valence-corrected chi connectivity index (χ2v) is 8.00. The van der Waals surface area contributed by atoms with Crippen molar-refractivity contribution in [2.75, 3.05) is 11.9 Å². The predicted octanol–water partition coefficient (Wildman–Crippen LogP) is 5.44. The van der Waals surface area contributed by atoms with Gasteiger partial charge in [0.2, 0.25) is 5.91 Å². The van der Waals surface area contributed by atoms with E-state index in [-0.39, 0.29) is 12.3 Å². The molecule has 0 aliphatic heterocycles. The molecule has 2 heterocycles. The van der Waals surface area contributed by atoms with Crippen molar-refractivity contribution in [3.63, 3.8) is 0 Å². The summed E-state index contributed by atoms with van der Waals surface area (Å²) >= 11 is 1.43. The molecule has 0 unspecified atom stereocenters. The van der Waals surface area contributed by atoms with Gasteiger partial charge in [-0.2, -0.15) is 0 Å². The Hall–Kier alpha value is -2.86. The highest BCUT2D eigenvalue weighted by Gasteiger charge is 2.14. The van der Waals surface area contributed by atoms with Gasteiger partial charge in [0, 0.05) is 28.9 Å². The maximum Gasteiger partial charge on any atom is 0.229 e. The molecule has 0 fully saturated rings. The molecule has 1 aromatic carbocycles. The van der Waals surface area contributed by atoms with Crippen LogP contribution in [0.3, 0.4) is 0 Å². The van der Waals surface area contributed by atoms with Crippen LogP contribution in [-0.4, -0.2) is 22.1 Å². The lowest BCUT2D eigenvalue weighted by Crippen LogP contribution is -2.15. The van der Waals surface area contributed by atoms with E-state index in [1.807, 2.05) is 43.5 Å². The maximum atomic E-state index is 12.3. The Morgan fingerprint density at radius 3 is 2.83 bits per heavy atom. The number of hydrogen-bond acceptors (Lipinski definition) is 4. The third-order valence-corrected chi connectivity index (χ3v) is 5.60. The summed E-state index contributed by atoms with van der Waals surface area (Å²) in [6.07, 6.45) is 2.16. The van der Waals surface area contributed by atoms with Gasteiger partial charge in [-0.25, -0.2) is 4.98 Å². The second-order valence-electron chi connectivity index (χ2n) is 7.14. The first-order chi connectivity index (χ1) is 13.9. The van der Waals surface area contributed by atoms with Crippen LogP contribution in [0.1, 0.15) is 28.9 Å². The zero-order valence-corrected chi connectivity index (χ0v) is 18.2. The Labute approximate surface area is 176 Å². The number of anilines is 1. The van der Waals surface area contributed by atoms with E-state index in [2.05, 4.69) is 41.4 Å². The predicted molar refractivity (Wildman–Crippen MR) is 120 cm³/mol. The molecular formula is C23H27N3O2S. The number of benzene rings is 1. The third-order valence-electron chi connectivity index (χ3n) is 4.84. The van der Waals surface area contributed by atoms with Gasteiger partial charge in [-0.1, -0.05) is 18.2 Å². The number of thiazole rings is 1. The molecule has 29 heavy (non-hydrogen) atoms. The van der Waals surface area contributed by atoms with Crippen molar-refractivity contribution in [2.45, 2.75) is 40.7 Å². The van der Waals surface area contributed by atoms with Crippen LogP contribution in [-0.2, 0) is 11.3 Å². The molecule has 0 saturated carbocycles. The zero-order chi connectivity index (χ0) is 21.0. The molecule has 152 valence electrons. The van der Waals surface area contributed by atoms with Gasteiger partial charge in [0.05, 0.1) is 18.7 Å². The van der Waals surface area contributed by atoms with Crippen LogP contribution >= 0.6 is 11.3 Å². The number of hydrogen-bond donors (Lipinski definition) is 1. The second kappa shape index (κ2) is 9.09. The van der Waals surface area contributed by atoms with E-state index < -0.39 is 0 Å². The number of carbonyl (C=O) groups excluding carboxylic acids is 1. The van der Waals surface area contributed by atoms with E-state index in [9.17, 15) is 4.79 Å². The van der Waals surface area contributed by atoms with Crippen LogP contribution in [0.5, 0.6) is 5.75 Å². The number of nitrogens with one attached hydrogen (secondary N) is 1. The summed E-state index contributed by atoms with van der Waals surface area (Å²) in [5.74, 6) is 0.720.